The van der Waals surface area contributed by atoms with Crippen molar-refractivity contribution in [3.05, 3.63) is 0 Å². The van der Waals surface area contributed by atoms with Gasteiger partial charge in [0, 0.05) is 0 Å². The molecule has 0 saturated carbocycles. The number of aliphatic hydroxyl groups is 4. The lowest BCUT2D eigenvalue weighted by Gasteiger charge is -2.11. The highest BCUT2D eigenvalue weighted by Gasteiger charge is 2.40. The molecule has 1 saturated heterocycles. The molecule has 1 heterocycles. The summed E-state index contributed by atoms with van der Waals surface area (Å²) in [6.07, 6.45) is -2.13. The minimum absolute atomic E-state index is 0.222. The van der Waals surface area contributed by atoms with Gasteiger partial charge in [0.1, 0.15) is 11.5 Å². The van der Waals surface area contributed by atoms with Crippen LogP contribution < -0.4 is 0 Å². The van der Waals surface area contributed by atoms with Crippen LogP contribution in [0.4, 0.5) is 0 Å². The molecule has 0 radical (unpaired) electrons. The summed E-state index contributed by atoms with van der Waals surface area (Å²) in [5, 5.41) is 35.0. The number of hydrogen-bond donors (Lipinski definition) is 4. The molecular weight excluding hydrogens is 156 g/mol. The third-order valence-corrected chi connectivity index (χ3v) is 2.85. The van der Waals surface area contributed by atoms with Crippen LogP contribution in [0.2, 0.25) is 0 Å². The molecule has 0 aromatic rings. The van der Waals surface area contributed by atoms with Gasteiger partial charge in [-0.05, 0) is 0 Å². The molecule has 0 bridgehead atoms. The van der Waals surface area contributed by atoms with E-state index in [1.54, 1.807) is 0 Å². The van der Waals surface area contributed by atoms with Crippen LogP contribution in [0.25, 0.3) is 0 Å². The molecule has 10 heavy (non-hydrogen) atoms. The maximum absolute atomic E-state index is 9.04. The van der Waals surface area contributed by atoms with E-state index in [9.17, 15) is 0 Å². The Morgan fingerprint density at radius 1 is 1.10 bits per heavy atom. The number of aliphatic hydroxyl groups excluding tert-OH is 4. The van der Waals surface area contributed by atoms with Gasteiger partial charge < -0.3 is 20.4 Å². The first-order chi connectivity index (χ1) is 4.66. The van der Waals surface area contributed by atoms with E-state index in [1.807, 2.05) is 0 Å². The molecule has 0 aromatic heterocycles. The molecule has 0 aliphatic carbocycles. The zero-order chi connectivity index (χ0) is 7.72. The van der Waals surface area contributed by atoms with Crippen molar-refractivity contribution in [1.29, 1.82) is 0 Å². The van der Waals surface area contributed by atoms with Crippen LogP contribution in [-0.4, -0.2) is 49.9 Å². The molecule has 4 N–H and O–H groups in total. The zero-order valence-electron chi connectivity index (χ0n) is 5.21. The van der Waals surface area contributed by atoms with Crippen molar-refractivity contribution >= 4 is 11.8 Å². The summed E-state index contributed by atoms with van der Waals surface area (Å²) < 4.78 is 0. The molecule has 2 unspecified atom stereocenters. The zero-order valence-corrected chi connectivity index (χ0v) is 6.03. The van der Waals surface area contributed by atoms with Gasteiger partial charge in [0.15, 0.2) is 0 Å². The largest absolute Gasteiger partial charge is 0.395 e. The first-order valence-corrected chi connectivity index (χ1v) is 3.91. The van der Waals surface area contributed by atoms with E-state index in [0.717, 1.165) is 11.8 Å². The molecule has 0 spiro atoms. The second-order valence-electron chi connectivity index (χ2n) is 2.23. The Balaban J connectivity index is 2.53. The van der Waals surface area contributed by atoms with E-state index in [4.69, 9.17) is 20.4 Å². The van der Waals surface area contributed by atoms with Gasteiger partial charge in [-0.3, -0.25) is 0 Å². The van der Waals surface area contributed by atoms with Crippen molar-refractivity contribution in [1.82, 2.24) is 0 Å². The van der Waals surface area contributed by atoms with Crippen molar-refractivity contribution in [2.24, 2.45) is 0 Å². The highest BCUT2D eigenvalue weighted by atomic mass is 32.2. The lowest BCUT2D eigenvalue weighted by molar-refractivity contribution is -0.0181. The lowest BCUT2D eigenvalue weighted by atomic mass is 10.1. The first-order valence-electron chi connectivity index (χ1n) is 2.97. The van der Waals surface area contributed by atoms with Gasteiger partial charge in [-0.1, -0.05) is 0 Å². The van der Waals surface area contributed by atoms with Crippen LogP contribution in [0.5, 0.6) is 0 Å². The summed E-state index contributed by atoms with van der Waals surface area (Å²) in [4.78, 5) is 0. The predicted molar refractivity (Wildman–Crippen MR) is 36.5 cm³/mol. The maximum Gasteiger partial charge on any atom is 0.128 e. The molecule has 5 heteroatoms. The molecular formula is C5H10O4S. The monoisotopic (exact) mass is 166 g/mol. The van der Waals surface area contributed by atoms with Crippen LogP contribution >= 0.6 is 11.8 Å². The van der Waals surface area contributed by atoms with Crippen molar-refractivity contribution in [2.45, 2.75) is 22.9 Å². The predicted octanol–water partition coefficient (Wildman–Crippen LogP) is -1.87. The van der Waals surface area contributed by atoms with Crippen LogP contribution in [0.3, 0.4) is 0 Å². The van der Waals surface area contributed by atoms with Crippen LogP contribution in [0, 0.1) is 0 Å². The summed E-state index contributed by atoms with van der Waals surface area (Å²) in [7, 11) is 0. The number of hydrogen-bond acceptors (Lipinski definition) is 5. The minimum atomic E-state index is -1.12. The standard InChI is InChI=1S/C5H10O4S/c6-1-2-3(7)4(8)5(9)10-2/h2-9H,1H2/t2-,3?,4?,5-/m1/s1. The van der Waals surface area contributed by atoms with E-state index in [1.165, 1.54) is 0 Å². The van der Waals surface area contributed by atoms with Gasteiger partial charge in [0.25, 0.3) is 0 Å². The fourth-order valence-electron chi connectivity index (χ4n) is 0.880. The van der Waals surface area contributed by atoms with Gasteiger partial charge in [-0.2, -0.15) is 0 Å². The van der Waals surface area contributed by atoms with E-state index < -0.39 is 22.9 Å². The maximum atomic E-state index is 9.04. The van der Waals surface area contributed by atoms with Gasteiger partial charge in [-0.25, -0.2) is 0 Å². The average Bonchev–Trinajstić information content (AvgIpc) is 2.17. The summed E-state index contributed by atoms with van der Waals surface area (Å²) in [6, 6.07) is 0. The molecule has 0 aromatic carbocycles. The van der Waals surface area contributed by atoms with E-state index in [2.05, 4.69) is 0 Å². The third-order valence-electron chi connectivity index (χ3n) is 1.52. The topological polar surface area (TPSA) is 80.9 Å². The average molecular weight is 166 g/mol. The Hall–Kier alpha value is 0.190. The number of rotatable bonds is 1. The molecule has 60 valence electrons. The van der Waals surface area contributed by atoms with Gasteiger partial charge >= 0.3 is 0 Å². The normalized spacial score (nSPS) is 48.0. The Kier molecular flexibility index (Phi) is 2.54. The van der Waals surface area contributed by atoms with Crippen molar-refractivity contribution in [3.63, 3.8) is 0 Å². The smallest absolute Gasteiger partial charge is 0.128 e. The van der Waals surface area contributed by atoms with E-state index in [-0.39, 0.29) is 6.61 Å². The fourth-order valence-corrected chi connectivity index (χ4v) is 1.97. The third kappa shape index (κ3) is 1.28. The summed E-state index contributed by atoms with van der Waals surface area (Å²) >= 11 is 0.987. The second-order valence-corrected chi connectivity index (χ2v) is 3.59. The number of thioether (sulfide) groups is 1. The Morgan fingerprint density at radius 2 is 1.70 bits per heavy atom. The molecule has 1 aliphatic rings. The molecule has 4 nitrogen and oxygen atoms in total. The highest BCUT2D eigenvalue weighted by Crippen LogP contribution is 2.32. The van der Waals surface area contributed by atoms with Crippen molar-refractivity contribution in [3.8, 4) is 0 Å². The highest BCUT2D eigenvalue weighted by molar-refractivity contribution is 8.00. The molecule has 1 aliphatic heterocycles. The lowest BCUT2D eigenvalue weighted by Crippen LogP contribution is -2.33. The Labute approximate surface area is 62.5 Å². The fraction of sp³-hybridized carbons (Fsp3) is 1.00. The Bertz CT molecular complexity index is 120. The van der Waals surface area contributed by atoms with Crippen molar-refractivity contribution < 1.29 is 20.4 Å². The second kappa shape index (κ2) is 3.06. The minimum Gasteiger partial charge on any atom is -0.395 e. The van der Waals surface area contributed by atoms with E-state index >= 15 is 0 Å². The van der Waals surface area contributed by atoms with E-state index in [0.29, 0.717) is 0 Å². The molecule has 0 amide bonds. The quantitative estimate of drug-likeness (QED) is 0.367. The summed E-state index contributed by atoms with van der Waals surface area (Å²) in [5.74, 6) is 0. The van der Waals surface area contributed by atoms with Gasteiger partial charge in [-0.15, -0.1) is 11.8 Å². The molecule has 4 atom stereocenters. The van der Waals surface area contributed by atoms with Crippen LogP contribution in [0.1, 0.15) is 0 Å². The Morgan fingerprint density at radius 3 is 1.90 bits per heavy atom. The van der Waals surface area contributed by atoms with Crippen LogP contribution in [-0.2, 0) is 0 Å². The summed E-state index contributed by atoms with van der Waals surface area (Å²) in [6.45, 7) is -0.222. The molecule has 1 fully saturated rings. The summed E-state index contributed by atoms with van der Waals surface area (Å²) in [5.41, 5.74) is -0.966. The molecule has 1 rings (SSSR count). The van der Waals surface area contributed by atoms with Crippen molar-refractivity contribution in [2.75, 3.05) is 6.61 Å². The first kappa shape index (κ1) is 8.29. The SMILES string of the molecule is OC[C@H]1S[C@@H](O)C(O)C1O. The van der Waals surface area contributed by atoms with Gasteiger partial charge in [0.2, 0.25) is 0 Å². The van der Waals surface area contributed by atoms with Crippen LogP contribution in [0.15, 0.2) is 0 Å². The van der Waals surface area contributed by atoms with Gasteiger partial charge in [0.05, 0.1) is 18.0 Å².